The van der Waals surface area contributed by atoms with Crippen molar-refractivity contribution in [2.75, 3.05) is 19.6 Å². The highest BCUT2D eigenvalue weighted by Crippen LogP contribution is 2.16. The molecular weight excluding hydrogens is 233 g/mol. The summed E-state index contributed by atoms with van der Waals surface area (Å²) in [5.74, 6) is -3.39. The second-order valence-corrected chi connectivity index (χ2v) is 3.85. The molecule has 0 atom stereocenters. The first-order valence-electron chi connectivity index (χ1n) is 5.20. The van der Waals surface area contributed by atoms with Gasteiger partial charge in [0, 0.05) is 31.3 Å². The third-order valence-corrected chi connectivity index (χ3v) is 2.62. The number of carbonyl (C=O) groups is 1. The zero-order valence-electron chi connectivity index (χ0n) is 8.97. The Hall–Kier alpha value is -1.56. The van der Waals surface area contributed by atoms with Crippen LogP contribution in [-0.2, 0) is 11.3 Å². The number of amides is 1. The average Bonchev–Trinajstić information content (AvgIpc) is 2.28. The van der Waals surface area contributed by atoms with E-state index in [-0.39, 0.29) is 24.6 Å². The molecule has 0 saturated carbocycles. The maximum absolute atomic E-state index is 13.4. The summed E-state index contributed by atoms with van der Waals surface area (Å²) in [4.78, 5) is 12.8. The van der Waals surface area contributed by atoms with E-state index < -0.39 is 17.5 Å². The maximum atomic E-state index is 13.4. The summed E-state index contributed by atoms with van der Waals surface area (Å²) in [6.45, 7) is 1.04. The van der Waals surface area contributed by atoms with Crippen LogP contribution in [0.2, 0.25) is 0 Å². The standard InChI is InChI=1S/C11H11F3N2O/c12-8-3-7(11(14)9(13)4-8)6-16-2-1-15-5-10(16)17/h3-4,15H,1-2,5-6H2. The number of nitrogens with zero attached hydrogens (tertiary/aromatic N) is 1. The number of carbonyl (C=O) groups excluding carboxylic acids is 1. The van der Waals surface area contributed by atoms with Gasteiger partial charge in [-0.1, -0.05) is 0 Å². The summed E-state index contributed by atoms with van der Waals surface area (Å²) < 4.78 is 39.3. The van der Waals surface area contributed by atoms with E-state index in [9.17, 15) is 18.0 Å². The van der Waals surface area contributed by atoms with E-state index in [0.717, 1.165) is 6.07 Å². The lowest BCUT2D eigenvalue weighted by atomic mass is 10.1. The van der Waals surface area contributed by atoms with Gasteiger partial charge >= 0.3 is 0 Å². The smallest absolute Gasteiger partial charge is 0.236 e. The Morgan fingerprint density at radius 1 is 1.29 bits per heavy atom. The highest BCUT2D eigenvalue weighted by molar-refractivity contribution is 5.78. The summed E-state index contributed by atoms with van der Waals surface area (Å²) in [7, 11) is 0. The number of hydrogen-bond acceptors (Lipinski definition) is 2. The van der Waals surface area contributed by atoms with Crippen molar-refractivity contribution in [3.8, 4) is 0 Å². The summed E-state index contributed by atoms with van der Waals surface area (Å²) in [6, 6.07) is 1.39. The fourth-order valence-corrected chi connectivity index (χ4v) is 1.74. The third-order valence-electron chi connectivity index (χ3n) is 2.62. The number of rotatable bonds is 2. The van der Waals surface area contributed by atoms with E-state index in [2.05, 4.69) is 5.32 Å². The van der Waals surface area contributed by atoms with Crippen molar-refractivity contribution in [2.45, 2.75) is 6.54 Å². The van der Waals surface area contributed by atoms with Crippen molar-refractivity contribution in [1.29, 1.82) is 0 Å². The predicted molar refractivity (Wildman–Crippen MR) is 54.6 cm³/mol. The minimum absolute atomic E-state index is 0.110. The predicted octanol–water partition coefficient (Wildman–Crippen LogP) is 1.04. The van der Waals surface area contributed by atoms with Crippen LogP contribution in [0.25, 0.3) is 0 Å². The van der Waals surface area contributed by atoms with Crippen LogP contribution >= 0.6 is 0 Å². The Morgan fingerprint density at radius 2 is 2.06 bits per heavy atom. The molecule has 0 spiro atoms. The molecule has 6 heteroatoms. The van der Waals surface area contributed by atoms with Crippen molar-refractivity contribution in [2.24, 2.45) is 0 Å². The molecule has 1 aromatic rings. The molecule has 3 nitrogen and oxygen atoms in total. The van der Waals surface area contributed by atoms with Crippen LogP contribution < -0.4 is 5.32 Å². The SMILES string of the molecule is O=C1CNCCN1Cc1cc(F)cc(F)c1F. The second kappa shape index (κ2) is 4.75. The van der Waals surface area contributed by atoms with E-state index >= 15 is 0 Å². The van der Waals surface area contributed by atoms with Crippen LogP contribution in [0.15, 0.2) is 12.1 Å². The van der Waals surface area contributed by atoms with Gasteiger partial charge in [-0.2, -0.15) is 0 Å². The van der Waals surface area contributed by atoms with Gasteiger partial charge in [0.1, 0.15) is 5.82 Å². The van der Waals surface area contributed by atoms with Gasteiger partial charge < -0.3 is 10.2 Å². The zero-order valence-corrected chi connectivity index (χ0v) is 8.97. The molecule has 0 aromatic heterocycles. The normalized spacial score (nSPS) is 16.4. The lowest BCUT2D eigenvalue weighted by Crippen LogP contribution is -2.47. The van der Waals surface area contributed by atoms with Gasteiger partial charge in [-0.05, 0) is 6.07 Å². The Labute approximate surface area is 96.2 Å². The molecule has 1 aliphatic heterocycles. The van der Waals surface area contributed by atoms with Crippen LogP contribution in [0.4, 0.5) is 13.2 Å². The quantitative estimate of drug-likeness (QED) is 0.788. The molecule has 1 fully saturated rings. The van der Waals surface area contributed by atoms with Crippen molar-refractivity contribution in [3.63, 3.8) is 0 Å². The molecule has 2 rings (SSSR count). The van der Waals surface area contributed by atoms with Gasteiger partial charge in [-0.3, -0.25) is 4.79 Å². The molecule has 0 unspecified atom stereocenters. The lowest BCUT2D eigenvalue weighted by molar-refractivity contribution is -0.132. The highest BCUT2D eigenvalue weighted by atomic mass is 19.2. The molecule has 1 saturated heterocycles. The molecule has 92 valence electrons. The van der Waals surface area contributed by atoms with Crippen molar-refractivity contribution >= 4 is 5.91 Å². The third kappa shape index (κ3) is 2.58. The van der Waals surface area contributed by atoms with Crippen LogP contribution in [0.5, 0.6) is 0 Å². The molecule has 1 heterocycles. The van der Waals surface area contributed by atoms with Gasteiger partial charge in [0.25, 0.3) is 0 Å². The van der Waals surface area contributed by atoms with E-state index in [1.165, 1.54) is 4.90 Å². The number of benzene rings is 1. The average molecular weight is 244 g/mol. The molecule has 1 N–H and O–H groups in total. The van der Waals surface area contributed by atoms with Crippen molar-refractivity contribution in [1.82, 2.24) is 10.2 Å². The van der Waals surface area contributed by atoms with Gasteiger partial charge in [-0.25, -0.2) is 13.2 Å². The van der Waals surface area contributed by atoms with Gasteiger partial charge in [-0.15, -0.1) is 0 Å². The summed E-state index contributed by atoms with van der Waals surface area (Å²) in [6.07, 6.45) is 0. The molecule has 17 heavy (non-hydrogen) atoms. The number of halogens is 3. The topological polar surface area (TPSA) is 32.3 Å². The van der Waals surface area contributed by atoms with Gasteiger partial charge in [0.2, 0.25) is 5.91 Å². The van der Waals surface area contributed by atoms with Gasteiger partial charge in [0.15, 0.2) is 11.6 Å². The Morgan fingerprint density at radius 3 is 2.76 bits per heavy atom. The van der Waals surface area contributed by atoms with Gasteiger partial charge in [0.05, 0.1) is 6.54 Å². The molecule has 0 aliphatic carbocycles. The van der Waals surface area contributed by atoms with Crippen molar-refractivity contribution in [3.05, 3.63) is 35.1 Å². The van der Waals surface area contributed by atoms with E-state index in [4.69, 9.17) is 0 Å². The first-order valence-corrected chi connectivity index (χ1v) is 5.20. The highest BCUT2D eigenvalue weighted by Gasteiger charge is 2.20. The Bertz CT molecular complexity index is 451. The molecule has 1 aliphatic rings. The number of nitrogens with one attached hydrogen (secondary N) is 1. The van der Waals surface area contributed by atoms with Crippen LogP contribution in [-0.4, -0.2) is 30.4 Å². The van der Waals surface area contributed by atoms with Crippen LogP contribution in [0.1, 0.15) is 5.56 Å². The number of hydrogen-bond donors (Lipinski definition) is 1. The van der Waals surface area contributed by atoms with Crippen molar-refractivity contribution < 1.29 is 18.0 Å². The van der Waals surface area contributed by atoms with E-state index in [0.29, 0.717) is 19.2 Å². The molecule has 1 aromatic carbocycles. The first kappa shape index (κ1) is 11.9. The molecule has 0 radical (unpaired) electrons. The first-order chi connectivity index (χ1) is 8.08. The Balaban J connectivity index is 2.20. The summed E-state index contributed by atoms with van der Waals surface area (Å²) in [5.41, 5.74) is -0.141. The zero-order chi connectivity index (χ0) is 12.4. The fraction of sp³-hybridized carbons (Fsp3) is 0.364. The molecule has 0 bridgehead atoms. The Kier molecular flexibility index (Phi) is 3.33. The monoisotopic (exact) mass is 244 g/mol. The maximum Gasteiger partial charge on any atom is 0.236 e. The summed E-state index contributed by atoms with van der Waals surface area (Å²) >= 11 is 0. The van der Waals surface area contributed by atoms with Crippen LogP contribution in [0, 0.1) is 17.5 Å². The summed E-state index contributed by atoms with van der Waals surface area (Å²) in [5, 5.41) is 2.85. The number of piperazine rings is 1. The second-order valence-electron chi connectivity index (χ2n) is 3.85. The lowest BCUT2D eigenvalue weighted by Gasteiger charge is -2.27. The minimum Gasteiger partial charge on any atom is -0.336 e. The van der Waals surface area contributed by atoms with E-state index in [1.54, 1.807) is 0 Å². The largest absolute Gasteiger partial charge is 0.336 e. The fourth-order valence-electron chi connectivity index (χ4n) is 1.74. The van der Waals surface area contributed by atoms with Crippen LogP contribution in [0.3, 0.4) is 0 Å². The van der Waals surface area contributed by atoms with E-state index in [1.807, 2.05) is 0 Å². The molecule has 1 amide bonds. The minimum atomic E-state index is -1.23. The molecular formula is C11H11F3N2O.